The monoisotopic (exact) mass is 223 g/mol. The van der Waals surface area contributed by atoms with Crippen molar-refractivity contribution in [2.24, 2.45) is 5.73 Å². The SMILES string of the molecule is Cc1cc(F)ccc1C(N)C1(C)CCCO1. The summed E-state index contributed by atoms with van der Waals surface area (Å²) in [5.74, 6) is -0.217. The smallest absolute Gasteiger partial charge is 0.123 e. The Labute approximate surface area is 95.6 Å². The van der Waals surface area contributed by atoms with E-state index < -0.39 is 0 Å². The molecular formula is C13H18FNO. The highest BCUT2D eigenvalue weighted by Gasteiger charge is 2.37. The molecule has 0 spiro atoms. The predicted octanol–water partition coefficient (Wildman–Crippen LogP) is 2.70. The molecule has 88 valence electrons. The fraction of sp³-hybridized carbons (Fsp3) is 0.538. The minimum Gasteiger partial charge on any atom is -0.373 e. The van der Waals surface area contributed by atoms with Crippen molar-refractivity contribution in [2.45, 2.75) is 38.3 Å². The van der Waals surface area contributed by atoms with Gasteiger partial charge in [-0.1, -0.05) is 6.07 Å². The Morgan fingerprint density at radius 1 is 1.50 bits per heavy atom. The largest absolute Gasteiger partial charge is 0.373 e. The van der Waals surface area contributed by atoms with Crippen molar-refractivity contribution >= 4 is 0 Å². The maximum atomic E-state index is 13.0. The standard InChI is InChI=1S/C13H18FNO/c1-9-8-10(14)4-5-11(9)12(15)13(2)6-3-7-16-13/h4-5,8,12H,3,6-7,15H2,1-2H3. The molecule has 0 amide bonds. The van der Waals surface area contributed by atoms with Gasteiger partial charge in [-0.2, -0.15) is 0 Å². The zero-order chi connectivity index (χ0) is 11.8. The van der Waals surface area contributed by atoms with E-state index in [1.54, 1.807) is 6.07 Å². The number of nitrogens with two attached hydrogens (primary N) is 1. The van der Waals surface area contributed by atoms with Gasteiger partial charge >= 0.3 is 0 Å². The number of rotatable bonds is 2. The molecule has 0 bridgehead atoms. The molecule has 2 N–H and O–H groups in total. The Morgan fingerprint density at radius 2 is 2.25 bits per heavy atom. The fourth-order valence-electron chi connectivity index (χ4n) is 2.36. The molecule has 2 nitrogen and oxygen atoms in total. The van der Waals surface area contributed by atoms with Gasteiger partial charge in [-0.25, -0.2) is 4.39 Å². The quantitative estimate of drug-likeness (QED) is 0.836. The number of ether oxygens (including phenoxy) is 1. The lowest BCUT2D eigenvalue weighted by molar-refractivity contribution is -0.00190. The van der Waals surface area contributed by atoms with Crippen molar-refractivity contribution in [1.82, 2.24) is 0 Å². The van der Waals surface area contributed by atoms with Crippen LogP contribution in [-0.2, 0) is 4.74 Å². The Kier molecular flexibility index (Phi) is 3.00. The molecule has 2 atom stereocenters. The molecule has 1 aliphatic heterocycles. The maximum absolute atomic E-state index is 13.0. The van der Waals surface area contributed by atoms with Gasteiger partial charge in [0, 0.05) is 6.61 Å². The van der Waals surface area contributed by atoms with Gasteiger partial charge in [-0.3, -0.25) is 0 Å². The van der Waals surface area contributed by atoms with E-state index in [0.717, 1.165) is 30.6 Å². The molecule has 0 aromatic heterocycles. The fourth-order valence-corrected chi connectivity index (χ4v) is 2.36. The highest BCUT2D eigenvalue weighted by molar-refractivity contribution is 5.31. The molecular weight excluding hydrogens is 205 g/mol. The van der Waals surface area contributed by atoms with E-state index in [1.165, 1.54) is 12.1 Å². The maximum Gasteiger partial charge on any atom is 0.123 e. The van der Waals surface area contributed by atoms with Crippen LogP contribution in [-0.4, -0.2) is 12.2 Å². The van der Waals surface area contributed by atoms with Gasteiger partial charge in [0.05, 0.1) is 11.6 Å². The van der Waals surface area contributed by atoms with E-state index in [0.29, 0.717) is 0 Å². The second kappa shape index (κ2) is 4.15. The average Bonchev–Trinajstić information content (AvgIpc) is 2.66. The number of aryl methyl sites for hydroxylation is 1. The third-order valence-electron chi connectivity index (χ3n) is 3.47. The molecule has 1 saturated heterocycles. The summed E-state index contributed by atoms with van der Waals surface area (Å²) in [4.78, 5) is 0. The normalized spacial score (nSPS) is 27.0. The molecule has 16 heavy (non-hydrogen) atoms. The zero-order valence-corrected chi connectivity index (χ0v) is 9.79. The Bertz CT molecular complexity index is 386. The van der Waals surface area contributed by atoms with Crippen LogP contribution in [0, 0.1) is 12.7 Å². The summed E-state index contributed by atoms with van der Waals surface area (Å²) in [5.41, 5.74) is 7.81. The van der Waals surface area contributed by atoms with Crippen LogP contribution < -0.4 is 5.73 Å². The summed E-state index contributed by atoms with van der Waals surface area (Å²) in [5, 5.41) is 0. The van der Waals surface area contributed by atoms with Gasteiger partial charge in [-0.05, 0) is 49.9 Å². The second-order valence-electron chi connectivity index (χ2n) is 4.74. The van der Waals surface area contributed by atoms with Crippen molar-refractivity contribution in [3.8, 4) is 0 Å². The van der Waals surface area contributed by atoms with Gasteiger partial charge in [0.1, 0.15) is 5.82 Å². The van der Waals surface area contributed by atoms with Crippen molar-refractivity contribution < 1.29 is 9.13 Å². The van der Waals surface area contributed by atoms with Crippen molar-refractivity contribution in [2.75, 3.05) is 6.61 Å². The molecule has 1 aromatic carbocycles. The first-order valence-corrected chi connectivity index (χ1v) is 5.68. The molecule has 1 fully saturated rings. The van der Waals surface area contributed by atoms with E-state index in [1.807, 2.05) is 13.8 Å². The lowest BCUT2D eigenvalue weighted by Crippen LogP contribution is -2.38. The highest BCUT2D eigenvalue weighted by atomic mass is 19.1. The van der Waals surface area contributed by atoms with Gasteiger partial charge < -0.3 is 10.5 Å². The topological polar surface area (TPSA) is 35.2 Å². The molecule has 0 aliphatic carbocycles. The van der Waals surface area contributed by atoms with Gasteiger partial charge in [0.15, 0.2) is 0 Å². The molecule has 2 unspecified atom stereocenters. The third kappa shape index (κ3) is 1.97. The summed E-state index contributed by atoms with van der Waals surface area (Å²) >= 11 is 0. The van der Waals surface area contributed by atoms with E-state index >= 15 is 0 Å². The van der Waals surface area contributed by atoms with E-state index in [4.69, 9.17) is 10.5 Å². The molecule has 0 saturated carbocycles. The molecule has 3 heteroatoms. The molecule has 0 radical (unpaired) electrons. The first kappa shape index (κ1) is 11.6. The van der Waals surface area contributed by atoms with Crippen LogP contribution in [0.2, 0.25) is 0 Å². The van der Waals surface area contributed by atoms with Gasteiger partial charge in [-0.15, -0.1) is 0 Å². The lowest BCUT2D eigenvalue weighted by atomic mass is 9.86. The minimum atomic E-state index is -0.303. The van der Waals surface area contributed by atoms with Crippen LogP contribution >= 0.6 is 0 Å². The zero-order valence-electron chi connectivity index (χ0n) is 9.79. The minimum absolute atomic E-state index is 0.185. The van der Waals surface area contributed by atoms with Crippen molar-refractivity contribution in [3.63, 3.8) is 0 Å². The number of hydrogen-bond donors (Lipinski definition) is 1. The molecule has 1 aromatic rings. The third-order valence-corrected chi connectivity index (χ3v) is 3.47. The predicted molar refractivity (Wildman–Crippen MR) is 61.7 cm³/mol. The Hall–Kier alpha value is -0.930. The number of benzene rings is 1. The second-order valence-corrected chi connectivity index (χ2v) is 4.74. The summed E-state index contributed by atoms with van der Waals surface area (Å²) in [6, 6.07) is 4.56. The summed E-state index contributed by atoms with van der Waals surface area (Å²) in [7, 11) is 0. The summed E-state index contributed by atoms with van der Waals surface area (Å²) < 4.78 is 18.7. The van der Waals surface area contributed by atoms with Crippen LogP contribution in [0.5, 0.6) is 0 Å². The van der Waals surface area contributed by atoms with Crippen molar-refractivity contribution in [3.05, 3.63) is 35.1 Å². The van der Waals surface area contributed by atoms with E-state index in [-0.39, 0.29) is 17.5 Å². The average molecular weight is 223 g/mol. The van der Waals surface area contributed by atoms with Crippen molar-refractivity contribution in [1.29, 1.82) is 0 Å². The molecule has 1 aliphatic rings. The van der Waals surface area contributed by atoms with Crippen LogP contribution in [0.15, 0.2) is 18.2 Å². The van der Waals surface area contributed by atoms with Crippen LogP contribution in [0.4, 0.5) is 4.39 Å². The van der Waals surface area contributed by atoms with Gasteiger partial charge in [0.25, 0.3) is 0 Å². The summed E-state index contributed by atoms with van der Waals surface area (Å²) in [6.45, 7) is 4.69. The number of hydrogen-bond acceptors (Lipinski definition) is 2. The number of halogens is 1. The van der Waals surface area contributed by atoms with Gasteiger partial charge in [0.2, 0.25) is 0 Å². The molecule has 1 heterocycles. The Balaban J connectivity index is 2.29. The highest BCUT2D eigenvalue weighted by Crippen LogP contribution is 2.36. The lowest BCUT2D eigenvalue weighted by Gasteiger charge is -2.31. The van der Waals surface area contributed by atoms with Crippen LogP contribution in [0.25, 0.3) is 0 Å². The molecule has 2 rings (SSSR count). The van der Waals surface area contributed by atoms with E-state index in [2.05, 4.69) is 0 Å². The first-order chi connectivity index (χ1) is 7.53. The summed E-state index contributed by atoms with van der Waals surface area (Å²) in [6.07, 6.45) is 2.01. The van der Waals surface area contributed by atoms with E-state index in [9.17, 15) is 4.39 Å². The first-order valence-electron chi connectivity index (χ1n) is 5.68. The van der Waals surface area contributed by atoms with Crippen LogP contribution in [0.1, 0.15) is 36.9 Å². The Morgan fingerprint density at radius 3 is 2.81 bits per heavy atom. The van der Waals surface area contributed by atoms with Crippen LogP contribution in [0.3, 0.4) is 0 Å².